The SMILES string of the molecule is CCOC(=O)[C@@H]1CC[C@H](c2ccccc2OC)N1C(=O)CNC(=O)[C@H](Cc1ccc(OC)cc1)SC(C)=O. The van der Waals surface area contributed by atoms with Crippen LogP contribution in [0.2, 0.25) is 0 Å². The maximum Gasteiger partial charge on any atom is 0.328 e. The van der Waals surface area contributed by atoms with Gasteiger partial charge in [-0.3, -0.25) is 14.4 Å². The van der Waals surface area contributed by atoms with Gasteiger partial charge in [0.05, 0.1) is 38.7 Å². The number of nitrogens with zero attached hydrogens (tertiary/aromatic N) is 1. The highest BCUT2D eigenvalue weighted by Gasteiger charge is 2.43. The fourth-order valence-corrected chi connectivity index (χ4v) is 5.47. The van der Waals surface area contributed by atoms with E-state index in [2.05, 4.69) is 5.32 Å². The molecule has 1 fully saturated rings. The Morgan fingerprint density at radius 3 is 2.37 bits per heavy atom. The van der Waals surface area contributed by atoms with Crippen LogP contribution in [0, 0.1) is 0 Å². The van der Waals surface area contributed by atoms with Crippen LogP contribution in [0.1, 0.15) is 43.9 Å². The van der Waals surface area contributed by atoms with Crippen molar-refractivity contribution >= 4 is 34.7 Å². The number of carbonyl (C=O) groups excluding carboxylic acids is 4. The van der Waals surface area contributed by atoms with Gasteiger partial charge in [0.1, 0.15) is 17.5 Å². The van der Waals surface area contributed by atoms with Crippen LogP contribution in [0.15, 0.2) is 48.5 Å². The van der Waals surface area contributed by atoms with Crippen molar-refractivity contribution in [3.05, 3.63) is 59.7 Å². The van der Waals surface area contributed by atoms with Crippen molar-refractivity contribution in [1.29, 1.82) is 0 Å². The Balaban J connectivity index is 1.77. The lowest BCUT2D eigenvalue weighted by atomic mass is 10.0. The van der Waals surface area contributed by atoms with Gasteiger partial charge in [-0.1, -0.05) is 42.1 Å². The van der Waals surface area contributed by atoms with E-state index < -0.39 is 35.1 Å². The van der Waals surface area contributed by atoms with Crippen molar-refractivity contribution < 1.29 is 33.4 Å². The number of para-hydroxylation sites is 1. The fourth-order valence-electron chi connectivity index (χ4n) is 4.61. The second-order valence-electron chi connectivity index (χ2n) is 8.77. The van der Waals surface area contributed by atoms with Crippen LogP contribution in [0.5, 0.6) is 11.5 Å². The van der Waals surface area contributed by atoms with Crippen molar-refractivity contribution in [2.24, 2.45) is 0 Å². The highest BCUT2D eigenvalue weighted by atomic mass is 32.2. The molecule has 0 unspecified atom stereocenters. The highest BCUT2D eigenvalue weighted by Crippen LogP contribution is 2.40. The lowest BCUT2D eigenvalue weighted by Gasteiger charge is -2.30. The monoisotopic (exact) mass is 542 g/mol. The number of nitrogens with one attached hydrogen (secondary N) is 1. The minimum absolute atomic E-state index is 0.197. The summed E-state index contributed by atoms with van der Waals surface area (Å²) in [5.41, 5.74) is 1.63. The van der Waals surface area contributed by atoms with Gasteiger partial charge in [-0.15, -0.1) is 0 Å². The van der Waals surface area contributed by atoms with E-state index in [1.54, 1.807) is 39.3 Å². The van der Waals surface area contributed by atoms with E-state index in [1.807, 2.05) is 30.3 Å². The normalized spacial score (nSPS) is 17.4. The van der Waals surface area contributed by atoms with Gasteiger partial charge in [0, 0.05) is 12.5 Å². The maximum absolute atomic E-state index is 13.5. The summed E-state index contributed by atoms with van der Waals surface area (Å²) in [6.45, 7) is 2.99. The number of hydrogen-bond acceptors (Lipinski definition) is 8. The molecule has 0 bridgehead atoms. The molecule has 2 aromatic rings. The molecule has 0 aromatic heterocycles. The fraction of sp³-hybridized carbons (Fsp3) is 0.429. The molecule has 1 heterocycles. The second-order valence-corrected chi connectivity index (χ2v) is 10.2. The first-order valence-corrected chi connectivity index (χ1v) is 13.4. The van der Waals surface area contributed by atoms with E-state index in [1.165, 1.54) is 11.8 Å². The molecule has 1 saturated heterocycles. The van der Waals surface area contributed by atoms with Gasteiger partial charge < -0.3 is 24.4 Å². The van der Waals surface area contributed by atoms with Gasteiger partial charge in [-0.25, -0.2) is 4.79 Å². The Hall–Kier alpha value is -3.53. The van der Waals surface area contributed by atoms with Crippen molar-refractivity contribution in [1.82, 2.24) is 10.2 Å². The first-order valence-electron chi connectivity index (χ1n) is 12.5. The van der Waals surface area contributed by atoms with Gasteiger partial charge in [0.25, 0.3) is 0 Å². The minimum Gasteiger partial charge on any atom is -0.497 e. The van der Waals surface area contributed by atoms with Crippen LogP contribution in [-0.2, 0) is 30.3 Å². The zero-order valence-electron chi connectivity index (χ0n) is 22.1. The molecule has 2 amide bonds. The molecule has 9 nitrogen and oxygen atoms in total. The largest absolute Gasteiger partial charge is 0.497 e. The van der Waals surface area contributed by atoms with Crippen LogP contribution in [0.3, 0.4) is 0 Å². The Morgan fingerprint density at radius 1 is 1.03 bits per heavy atom. The number of methoxy groups -OCH3 is 2. The average Bonchev–Trinajstić information content (AvgIpc) is 3.36. The van der Waals surface area contributed by atoms with Crippen LogP contribution in [-0.4, -0.2) is 66.5 Å². The van der Waals surface area contributed by atoms with Crippen molar-refractivity contribution in [2.75, 3.05) is 27.4 Å². The van der Waals surface area contributed by atoms with E-state index in [4.69, 9.17) is 14.2 Å². The summed E-state index contributed by atoms with van der Waals surface area (Å²) < 4.78 is 15.9. The van der Waals surface area contributed by atoms with E-state index in [9.17, 15) is 19.2 Å². The standard InChI is InChI=1S/C28H34N2O7S/c1-5-37-28(34)23-15-14-22(21-8-6-7-9-24(21)36-4)30(23)26(32)17-29-27(33)25(38-18(2)31)16-19-10-12-20(35-3)13-11-19/h6-13,22-23,25H,5,14-17H2,1-4H3,(H,29,33)/t22-,23+,25+/m1/s1. The quantitative estimate of drug-likeness (QED) is 0.431. The van der Waals surface area contributed by atoms with E-state index in [0.717, 1.165) is 22.9 Å². The predicted octanol–water partition coefficient (Wildman–Crippen LogP) is 3.31. The van der Waals surface area contributed by atoms with Crippen LogP contribution in [0.4, 0.5) is 0 Å². The molecular formula is C28H34N2O7S. The Labute approximate surface area is 227 Å². The number of esters is 1. The number of benzene rings is 2. The maximum atomic E-state index is 13.5. The third-order valence-corrected chi connectivity index (χ3v) is 7.32. The molecule has 10 heteroatoms. The molecule has 38 heavy (non-hydrogen) atoms. The van der Waals surface area contributed by atoms with Gasteiger partial charge in [-0.2, -0.15) is 0 Å². The van der Waals surface area contributed by atoms with Gasteiger partial charge in [0.15, 0.2) is 5.12 Å². The Kier molecular flexibility index (Phi) is 10.6. The number of likely N-dealkylation sites (tertiary alicyclic amines) is 1. The Bertz CT molecular complexity index is 1140. The molecule has 3 rings (SSSR count). The summed E-state index contributed by atoms with van der Waals surface area (Å²) in [5, 5.41) is 1.76. The number of hydrogen-bond donors (Lipinski definition) is 1. The molecule has 2 aromatic carbocycles. The summed E-state index contributed by atoms with van der Waals surface area (Å²) >= 11 is 0.913. The van der Waals surface area contributed by atoms with Gasteiger partial charge >= 0.3 is 5.97 Å². The topological polar surface area (TPSA) is 111 Å². The third-order valence-electron chi connectivity index (χ3n) is 6.32. The first kappa shape index (κ1) is 29.0. The number of ether oxygens (including phenoxy) is 3. The van der Waals surface area contributed by atoms with Crippen molar-refractivity contribution in [3.8, 4) is 11.5 Å². The molecule has 1 aliphatic heterocycles. The van der Waals surface area contributed by atoms with E-state index >= 15 is 0 Å². The second kappa shape index (κ2) is 13.9. The zero-order valence-corrected chi connectivity index (χ0v) is 22.9. The van der Waals surface area contributed by atoms with Crippen LogP contribution in [0.25, 0.3) is 0 Å². The molecule has 1 aliphatic rings. The predicted molar refractivity (Wildman–Crippen MR) is 144 cm³/mol. The molecular weight excluding hydrogens is 508 g/mol. The zero-order chi connectivity index (χ0) is 27.7. The molecule has 204 valence electrons. The Morgan fingerprint density at radius 2 is 1.74 bits per heavy atom. The smallest absolute Gasteiger partial charge is 0.328 e. The summed E-state index contributed by atoms with van der Waals surface area (Å²) in [6.07, 6.45) is 1.28. The summed E-state index contributed by atoms with van der Waals surface area (Å²) in [4.78, 5) is 52.7. The lowest BCUT2D eigenvalue weighted by Crippen LogP contribution is -2.48. The minimum atomic E-state index is -0.768. The summed E-state index contributed by atoms with van der Waals surface area (Å²) in [6, 6.07) is 13.4. The summed E-state index contributed by atoms with van der Waals surface area (Å²) in [7, 11) is 3.12. The van der Waals surface area contributed by atoms with Crippen molar-refractivity contribution in [3.63, 3.8) is 0 Å². The van der Waals surface area contributed by atoms with Crippen LogP contribution < -0.4 is 14.8 Å². The summed E-state index contributed by atoms with van der Waals surface area (Å²) in [5.74, 6) is -0.0304. The molecule has 0 saturated carbocycles. The number of thioether (sulfide) groups is 1. The van der Waals surface area contributed by atoms with Gasteiger partial charge in [0.2, 0.25) is 11.8 Å². The molecule has 0 aliphatic carbocycles. The van der Waals surface area contributed by atoms with Crippen LogP contribution >= 0.6 is 11.8 Å². The first-order chi connectivity index (χ1) is 18.3. The number of carbonyl (C=O) groups is 4. The molecule has 0 spiro atoms. The number of rotatable bonds is 11. The molecule has 0 radical (unpaired) electrons. The van der Waals surface area contributed by atoms with Gasteiger partial charge in [-0.05, 0) is 49.9 Å². The third kappa shape index (κ3) is 7.28. The highest BCUT2D eigenvalue weighted by molar-refractivity contribution is 8.14. The molecule has 1 N–H and O–H groups in total. The van der Waals surface area contributed by atoms with E-state index in [0.29, 0.717) is 30.8 Å². The average molecular weight is 543 g/mol. The van der Waals surface area contributed by atoms with E-state index in [-0.39, 0.29) is 18.3 Å². The molecule has 3 atom stereocenters. The lowest BCUT2D eigenvalue weighted by molar-refractivity contribution is -0.154. The number of amides is 2. The van der Waals surface area contributed by atoms with Crippen molar-refractivity contribution in [2.45, 2.75) is 50.4 Å².